The van der Waals surface area contributed by atoms with E-state index in [4.69, 9.17) is 24.2 Å². The molecule has 3 N–H and O–H groups in total. The van der Waals surface area contributed by atoms with Crippen LogP contribution in [-0.4, -0.2) is 103 Å². The highest BCUT2D eigenvalue weighted by Crippen LogP contribution is 2.45. The third-order valence-electron chi connectivity index (χ3n) is 9.86. The number of aliphatic carboxylic acids is 1. The number of amides is 3. The maximum Gasteiger partial charge on any atom is 0.408 e. The highest BCUT2D eigenvalue weighted by atomic mass is 32.1. The molecule has 2 saturated heterocycles. The molecule has 3 aromatic rings. The van der Waals surface area contributed by atoms with Crippen LogP contribution < -0.4 is 15.4 Å². The number of alkyl carbamates (subject to hydrolysis) is 1. The quantitative estimate of drug-likeness (QED) is 0.320. The van der Waals surface area contributed by atoms with Crippen molar-refractivity contribution in [2.75, 3.05) is 19.8 Å². The maximum atomic E-state index is 14.4. The second-order valence-corrected chi connectivity index (χ2v) is 14.4. The lowest BCUT2D eigenvalue weighted by molar-refractivity contribution is -0.145. The van der Waals surface area contributed by atoms with E-state index in [1.165, 1.54) is 16.2 Å². The Kier molecular flexibility index (Phi) is 9.48. The molecule has 266 valence electrons. The van der Waals surface area contributed by atoms with Crippen molar-refractivity contribution in [3.05, 3.63) is 35.4 Å². The number of nitrogens with zero attached hydrogens (tertiary/aromatic N) is 5. The summed E-state index contributed by atoms with van der Waals surface area (Å²) >= 11 is 1.41. The topological polar surface area (TPSA) is 187 Å². The molecule has 1 aliphatic carbocycles. The molecular formula is C34H41N7O8S. The fourth-order valence-corrected chi connectivity index (χ4v) is 7.85. The van der Waals surface area contributed by atoms with E-state index in [2.05, 4.69) is 15.7 Å². The predicted molar refractivity (Wildman–Crippen MR) is 180 cm³/mol. The largest absolute Gasteiger partial charge is 0.479 e. The van der Waals surface area contributed by atoms with Gasteiger partial charge in [-0.3, -0.25) is 14.3 Å². The Hall–Kier alpha value is -4.57. The van der Waals surface area contributed by atoms with Crippen LogP contribution >= 0.6 is 11.3 Å². The number of rotatable bonds is 6. The van der Waals surface area contributed by atoms with Crippen molar-refractivity contribution < 1.29 is 38.5 Å². The number of allylic oxidation sites excluding steroid dienone is 1. The van der Waals surface area contributed by atoms with Crippen LogP contribution in [0.1, 0.15) is 57.1 Å². The van der Waals surface area contributed by atoms with Crippen LogP contribution in [0, 0.1) is 12.8 Å². The van der Waals surface area contributed by atoms with Gasteiger partial charge in [0, 0.05) is 25.8 Å². The van der Waals surface area contributed by atoms with Gasteiger partial charge in [0.2, 0.25) is 17.7 Å². The first-order chi connectivity index (χ1) is 24.1. The molecule has 6 atom stereocenters. The van der Waals surface area contributed by atoms with Crippen molar-refractivity contribution in [1.29, 1.82) is 0 Å². The molecule has 16 heteroatoms. The van der Waals surface area contributed by atoms with Crippen LogP contribution in [0.4, 0.5) is 4.79 Å². The summed E-state index contributed by atoms with van der Waals surface area (Å²) < 4.78 is 19.8. The number of carbonyl (C=O) groups excluding carboxylic acids is 3. The molecule has 0 unspecified atom stereocenters. The van der Waals surface area contributed by atoms with Gasteiger partial charge in [-0.2, -0.15) is 10.1 Å². The summed E-state index contributed by atoms with van der Waals surface area (Å²) in [5.41, 5.74) is 0.742. The first kappa shape index (κ1) is 33.9. The minimum atomic E-state index is -1.45. The van der Waals surface area contributed by atoms with E-state index in [9.17, 15) is 24.3 Å². The van der Waals surface area contributed by atoms with Gasteiger partial charge >= 0.3 is 12.1 Å². The molecule has 3 fully saturated rings. The Bertz CT molecular complexity index is 1820. The Morgan fingerprint density at radius 2 is 2.04 bits per heavy atom. The van der Waals surface area contributed by atoms with Gasteiger partial charge in [-0.15, -0.1) is 11.3 Å². The van der Waals surface area contributed by atoms with E-state index < -0.39 is 53.7 Å². The first-order valence-electron chi connectivity index (χ1n) is 17.1. The number of nitrogens with one attached hydrogen (secondary N) is 2. The zero-order valence-electron chi connectivity index (χ0n) is 28.0. The van der Waals surface area contributed by atoms with Crippen molar-refractivity contribution >= 4 is 45.4 Å². The number of carboxylic acid groups (broad SMARTS) is 1. The second kappa shape index (κ2) is 14.0. The van der Waals surface area contributed by atoms with E-state index in [0.717, 1.165) is 25.0 Å². The van der Waals surface area contributed by atoms with Crippen molar-refractivity contribution in [1.82, 2.24) is 35.3 Å². The number of thiophene rings is 1. The molecule has 0 radical (unpaired) electrons. The van der Waals surface area contributed by atoms with Gasteiger partial charge in [0.1, 0.15) is 40.2 Å². The SMILES string of the molecule is Cc1cc(-c2nc(O[C@@H]3C[C@H]4C(=O)N[C@]5(C(=O)O)C[C@H]5/C=C/CCCCC[C@H](NC(=O)O[C@H]5CCOC5)C(=O)N4C3)c3sccc3n2)n(C)n1. The monoisotopic (exact) mass is 707 g/mol. The molecule has 3 aromatic heterocycles. The van der Waals surface area contributed by atoms with E-state index >= 15 is 0 Å². The summed E-state index contributed by atoms with van der Waals surface area (Å²) in [4.78, 5) is 64.7. The van der Waals surface area contributed by atoms with E-state index in [1.54, 1.807) is 4.68 Å². The first-order valence-corrected chi connectivity index (χ1v) is 18.0. The molecule has 0 spiro atoms. The molecule has 6 heterocycles. The smallest absolute Gasteiger partial charge is 0.408 e. The molecule has 0 aromatic carbocycles. The van der Waals surface area contributed by atoms with Crippen molar-refractivity contribution in [2.45, 2.75) is 88.1 Å². The number of aromatic nitrogens is 4. The highest BCUT2D eigenvalue weighted by Gasteiger charge is 2.61. The summed E-state index contributed by atoms with van der Waals surface area (Å²) in [5.74, 6) is -1.79. The van der Waals surface area contributed by atoms with Gasteiger partial charge < -0.3 is 34.9 Å². The van der Waals surface area contributed by atoms with Gasteiger partial charge in [-0.05, 0) is 50.1 Å². The molecule has 15 nitrogen and oxygen atoms in total. The molecule has 50 heavy (non-hydrogen) atoms. The lowest BCUT2D eigenvalue weighted by atomic mass is 10.0. The number of carbonyl (C=O) groups is 4. The Morgan fingerprint density at radius 1 is 1.18 bits per heavy atom. The number of aryl methyl sites for hydroxylation is 2. The maximum absolute atomic E-state index is 14.4. The van der Waals surface area contributed by atoms with Gasteiger partial charge in [0.25, 0.3) is 0 Å². The number of hydrogen-bond donors (Lipinski definition) is 3. The normalized spacial score (nSPS) is 29.3. The zero-order chi connectivity index (χ0) is 35.0. The van der Waals surface area contributed by atoms with Gasteiger partial charge in [-0.25, -0.2) is 14.6 Å². The summed E-state index contributed by atoms with van der Waals surface area (Å²) in [5, 5.41) is 22.0. The van der Waals surface area contributed by atoms with Crippen LogP contribution in [-0.2, 0) is 30.9 Å². The van der Waals surface area contributed by atoms with E-state index in [1.807, 2.05) is 43.6 Å². The van der Waals surface area contributed by atoms with Crippen molar-refractivity contribution in [3.63, 3.8) is 0 Å². The average Bonchev–Trinajstić information content (AvgIpc) is 3.64. The van der Waals surface area contributed by atoms with Crippen molar-refractivity contribution in [2.24, 2.45) is 13.0 Å². The van der Waals surface area contributed by atoms with E-state index in [0.29, 0.717) is 60.1 Å². The van der Waals surface area contributed by atoms with Gasteiger partial charge in [0.05, 0.1) is 31.0 Å². The third kappa shape index (κ3) is 6.90. The van der Waals surface area contributed by atoms with Crippen LogP contribution in [0.2, 0.25) is 0 Å². The number of hydrogen-bond acceptors (Lipinski definition) is 11. The summed E-state index contributed by atoms with van der Waals surface area (Å²) in [6.07, 6.45) is 6.31. The van der Waals surface area contributed by atoms with E-state index in [-0.39, 0.29) is 25.3 Å². The minimum absolute atomic E-state index is 0.0149. The summed E-state index contributed by atoms with van der Waals surface area (Å²) in [6, 6.07) is 1.73. The lowest BCUT2D eigenvalue weighted by Gasteiger charge is -2.29. The summed E-state index contributed by atoms with van der Waals surface area (Å²) in [6.45, 7) is 2.68. The molecular weight excluding hydrogens is 666 g/mol. The average molecular weight is 708 g/mol. The number of fused-ring (bicyclic) bond motifs is 3. The second-order valence-electron chi connectivity index (χ2n) is 13.5. The van der Waals surface area contributed by atoms with Crippen molar-refractivity contribution in [3.8, 4) is 17.4 Å². The third-order valence-corrected chi connectivity index (χ3v) is 10.7. The minimum Gasteiger partial charge on any atom is -0.479 e. The zero-order valence-corrected chi connectivity index (χ0v) is 28.8. The van der Waals surface area contributed by atoms with Crippen LogP contribution in [0.25, 0.3) is 21.7 Å². The Labute approximate surface area is 292 Å². The lowest BCUT2D eigenvalue weighted by Crippen LogP contribution is -2.56. The fourth-order valence-electron chi connectivity index (χ4n) is 7.09. The number of ether oxygens (including phenoxy) is 3. The summed E-state index contributed by atoms with van der Waals surface area (Å²) in [7, 11) is 1.81. The number of carboxylic acids is 1. The molecule has 0 bridgehead atoms. The van der Waals surface area contributed by atoms with Crippen LogP contribution in [0.5, 0.6) is 5.88 Å². The molecule has 3 amide bonds. The Morgan fingerprint density at radius 3 is 2.80 bits per heavy atom. The molecule has 1 saturated carbocycles. The standard InChI is InChI=1S/C34H41N7O8S/c1-19-14-25(40(2)39-19)28-35-23-11-13-50-27(23)30(37-28)48-22-15-26-29(42)38-34(32(44)45)16-20(34)8-6-4-3-5-7-9-24(31(43)41(26)17-22)36-33(46)49-21-10-12-47-18-21/h6,8,11,13-14,20-22,24,26H,3-5,7,9-10,12,15-18H2,1-2H3,(H,36,46)(H,38,42)(H,44,45)/b8-6+/t20-,21+,22-,24+,26+,34-/m1/s1. The fraction of sp³-hybridized carbons (Fsp3) is 0.559. The molecule has 4 aliphatic rings. The van der Waals surface area contributed by atoms with Gasteiger partial charge in [0.15, 0.2) is 5.82 Å². The van der Waals surface area contributed by atoms with Crippen LogP contribution in [0.15, 0.2) is 29.7 Å². The molecule has 7 rings (SSSR count). The Balaban J connectivity index is 1.18. The van der Waals surface area contributed by atoms with Gasteiger partial charge in [-0.1, -0.05) is 25.0 Å². The molecule has 3 aliphatic heterocycles. The van der Waals surface area contributed by atoms with Crippen LogP contribution in [0.3, 0.4) is 0 Å². The predicted octanol–water partition coefficient (Wildman–Crippen LogP) is 3.11. The highest BCUT2D eigenvalue weighted by molar-refractivity contribution is 7.17.